The Hall–Kier alpha value is -1.10. The van der Waals surface area contributed by atoms with Crippen LogP contribution in [0.1, 0.15) is 24.8 Å². The minimum absolute atomic E-state index is 0.0649. The lowest BCUT2D eigenvalue weighted by molar-refractivity contribution is 0.579. The van der Waals surface area contributed by atoms with Gasteiger partial charge in [0, 0.05) is 18.0 Å². The summed E-state index contributed by atoms with van der Waals surface area (Å²) in [6.45, 7) is 1.70. The molecule has 1 N–H and O–H groups in total. The maximum atomic E-state index is 13.2. The Morgan fingerprint density at radius 3 is 2.67 bits per heavy atom. The van der Waals surface area contributed by atoms with Crippen molar-refractivity contribution in [1.29, 1.82) is 0 Å². The predicted octanol–water partition coefficient (Wildman–Crippen LogP) is 2.51. The standard InChI is InChI=1S/C13H18FNO2S/c1-9-8-10(6-7-11(9)14)15-12-4-3-5-13(12)18(2,16)17/h6-8,12-13,15H,3-5H2,1-2H3. The first-order valence-corrected chi connectivity index (χ1v) is 8.05. The molecule has 0 aromatic heterocycles. The predicted molar refractivity (Wildman–Crippen MR) is 71.0 cm³/mol. The van der Waals surface area contributed by atoms with Gasteiger partial charge < -0.3 is 5.32 Å². The van der Waals surface area contributed by atoms with E-state index in [1.165, 1.54) is 12.3 Å². The Kier molecular flexibility index (Phi) is 3.61. The van der Waals surface area contributed by atoms with Crippen molar-refractivity contribution in [2.45, 2.75) is 37.5 Å². The highest BCUT2D eigenvalue weighted by atomic mass is 32.2. The third kappa shape index (κ3) is 2.83. The van der Waals surface area contributed by atoms with E-state index in [0.717, 1.165) is 18.5 Å². The van der Waals surface area contributed by atoms with Crippen molar-refractivity contribution >= 4 is 15.5 Å². The topological polar surface area (TPSA) is 46.2 Å². The smallest absolute Gasteiger partial charge is 0.152 e. The molecule has 1 saturated carbocycles. The Morgan fingerprint density at radius 2 is 2.06 bits per heavy atom. The molecule has 0 saturated heterocycles. The second-order valence-corrected chi connectivity index (χ2v) is 7.28. The summed E-state index contributed by atoms with van der Waals surface area (Å²) in [6.07, 6.45) is 3.74. The van der Waals surface area contributed by atoms with Crippen LogP contribution in [0.3, 0.4) is 0 Å². The fourth-order valence-corrected chi connectivity index (χ4v) is 3.95. The molecule has 0 spiro atoms. The van der Waals surface area contributed by atoms with Gasteiger partial charge in [-0.3, -0.25) is 0 Å². The monoisotopic (exact) mass is 271 g/mol. The highest BCUT2D eigenvalue weighted by Crippen LogP contribution is 2.28. The molecule has 2 rings (SSSR count). The SMILES string of the molecule is Cc1cc(NC2CCCC2S(C)(=O)=O)ccc1F. The zero-order chi connectivity index (χ0) is 13.3. The van der Waals surface area contributed by atoms with E-state index in [1.54, 1.807) is 19.1 Å². The number of sulfone groups is 1. The van der Waals surface area contributed by atoms with Crippen molar-refractivity contribution in [2.75, 3.05) is 11.6 Å². The number of nitrogens with one attached hydrogen (secondary N) is 1. The Morgan fingerprint density at radius 1 is 1.33 bits per heavy atom. The van der Waals surface area contributed by atoms with E-state index in [-0.39, 0.29) is 17.1 Å². The maximum absolute atomic E-state index is 13.2. The van der Waals surface area contributed by atoms with Gasteiger partial charge in [0.1, 0.15) is 5.82 Å². The summed E-state index contributed by atoms with van der Waals surface area (Å²) in [5, 5.41) is 2.89. The highest BCUT2D eigenvalue weighted by molar-refractivity contribution is 7.91. The molecular weight excluding hydrogens is 253 g/mol. The number of rotatable bonds is 3. The van der Waals surface area contributed by atoms with E-state index < -0.39 is 9.84 Å². The minimum atomic E-state index is -3.03. The van der Waals surface area contributed by atoms with E-state index in [0.29, 0.717) is 12.0 Å². The number of benzene rings is 1. The number of hydrogen-bond donors (Lipinski definition) is 1. The molecule has 1 aromatic rings. The van der Waals surface area contributed by atoms with E-state index >= 15 is 0 Å². The lowest BCUT2D eigenvalue weighted by Gasteiger charge is -2.21. The maximum Gasteiger partial charge on any atom is 0.152 e. The van der Waals surface area contributed by atoms with E-state index in [9.17, 15) is 12.8 Å². The molecule has 1 aromatic carbocycles. The second kappa shape index (κ2) is 4.88. The summed E-state index contributed by atoms with van der Waals surface area (Å²) in [4.78, 5) is 0. The van der Waals surface area contributed by atoms with Gasteiger partial charge in [0.15, 0.2) is 9.84 Å². The highest BCUT2D eigenvalue weighted by Gasteiger charge is 2.34. The fourth-order valence-electron chi connectivity index (χ4n) is 2.55. The number of aryl methyl sites for hydroxylation is 1. The third-order valence-corrected chi connectivity index (χ3v) is 5.18. The van der Waals surface area contributed by atoms with E-state index in [1.807, 2.05) is 0 Å². The summed E-state index contributed by atoms with van der Waals surface area (Å²) in [5.74, 6) is -0.244. The average molecular weight is 271 g/mol. The summed E-state index contributed by atoms with van der Waals surface area (Å²) in [7, 11) is -3.03. The Labute approximate surface area is 107 Å². The van der Waals surface area contributed by atoms with Gasteiger partial charge in [-0.05, 0) is 49.9 Å². The van der Waals surface area contributed by atoms with Gasteiger partial charge >= 0.3 is 0 Å². The molecule has 1 aliphatic carbocycles. The molecule has 18 heavy (non-hydrogen) atoms. The minimum Gasteiger partial charge on any atom is -0.381 e. The summed E-state index contributed by atoms with van der Waals surface area (Å²) < 4.78 is 36.5. The Bertz CT molecular complexity index is 542. The molecule has 2 atom stereocenters. The van der Waals surface area contributed by atoms with Gasteiger partial charge in [0.05, 0.1) is 5.25 Å². The lowest BCUT2D eigenvalue weighted by atomic mass is 10.2. The molecule has 2 unspecified atom stereocenters. The fraction of sp³-hybridized carbons (Fsp3) is 0.538. The molecule has 0 bridgehead atoms. The zero-order valence-electron chi connectivity index (χ0n) is 10.6. The lowest BCUT2D eigenvalue weighted by Crippen LogP contribution is -2.34. The van der Waals surface area contributed by atoms with Crippen molar-refractivity contribution in [3.63, 3.8) is 0 Å². The normalized spacial score (nSPS) is 24.2. The number of anilines is 1. The van der Waals surface area contributed by atoms with Crippen molar-refractivity contribution < 1.29 is 12.8 Å². The molecular formula is C13H18FNO2S. The Balaban J connectivity index is 2.16. The first-order valence-electron chi connectivity index (χ1n) is 6.09. The van der Waals surface area contributed by atoms with Crippen LogP contribution in [-0.2, 0) is 9.84 Å². The molecule has 100 valence electrons. The second-order valence-electron chi connectivity index (χ2n) is 5.01. The van der Waals surface area contributed by atoms with Gasteiger partial charge in [-0.1, -0.05) is 0 Å². The van der Waals surface area contributed by atoms with Crippen molar-refractivity contribution in [3.8, 4) is 0 Å². The third-order valence-electron chi connectivity index (χ3n) is 3.51. The van der Waals surface area contributed by atoms with Crippen LogP contribution in [-0.4, -0.2) is 26.0 Å². The van der Waals surface area contributed by atoms with Gasteiger partial charge in [-0.25, -0.2) is 12.8 Å². The van der Waals surface area contributed by atoms with Crippen LogP contribution in [0.2, 0.25) is 0 Å². The molecule has 1 aliphatic rings. The van der Waals surface area contributed by atoms with Crippen LogP contribution >= 0.6 is 0 Å². The molecule has 0 amide bonds. The zero-order valence-corrected chi connectivity index (χ0v) is 11.4. The van der Waals surface area contributed by atoms with Crippen LogP contribution < -0.4 is 5.32 Å². The molecule has 0 radical (unpaired) electrons. The molecule has 3 nitrogen and oxygen atoms in total. The first-order chi connectivity index (χ1) is 8.38. The summed E-state index contributed by atoms with van der Waals surface area (Å²) in [5.41, 5.74) is 1.35. The van der Waals surface area contributed by atoms with Crippen molar-refractivity contribution in [3.05, 3.63) is 29.6 Å². The summed E-state index contributed by atoms with van der Waals surface area (Å²) in [6, 6.07) is 4.71. The van der Waals surface area contributed by atoms with Crippen LogP contribution in [0.25, 0.3) is 0 Å². The molecule has 0 aliphatic heterocycles. The molecule has 5 heteroatoms. The van der Waals surface area contributed by atoms with Crippen LogP contribution in [0, 0.1) is 12.7 Å². The number of hydrogen-bond acceptors (Lipinski definition) is 3. The largest absolute Gasteiger partial charge is 0.381 e. The van der Waals surface area contributed by atoms with E-state index in [2.05, 4.69) is 5.32 Å². The number of halogens is 1. The average Bonchev–Trinajstić information content (AvgIpc) is 2.71. The quantitative estimate of drug-likeness (QED) is 0.919. The van der Waals surface area contributed by atoms with Gasteiger partial charge in [0.25, 0.3) is 0 Å². The molecule has 1 fully saturated rings. The van der Waals surface area contributed by atoms with Gasteiger partial charge in [-0.15, -0.1) is 0 Å². The van der Waals surface area contributed by atoms with Gasteiger partial charge in [-0.2, -0.15) is 0 Å². The van der Waals surface area contributed by atoms with Crippen LogP contribution in [0.4, 0.5) is 10.1 Å². The summed E-state index contributed by atoms with van der Waals surface area (Å²) >= 11 is 0. The van der Waals surface area contributed by atoms with Gasteiger partial charge in [0.2, 0.25) is 0 Å². The van der Waals surface area contributed by atoms with Crippen LogP contribution in [0.5, 0.6) is 0 Å². The van der Waals surface area contributed by atoms with E-state index in [4.69, 9.17) is 0 Å². The van der Waals surface area contributed by atoms with Crippen molar-refractivity contribution in [2.24, 2.45) is 0 Å². The first kappa shape index (κ1) is 13.3. The van der Waals surface area contributed by atoms with Crippen LogP contribution in [0.15, 0.2) is 18.2 Å². The van der Waals surface area contributed by atoms with Crippen molar-refractivity contribution in [1.82, 2.24) is 0 Å². The molecule has 0 heterocycles.